The van der Waals surface area contributed by atoms with E-state index < -0.39 is 0 Å². The maximum atomic E-state index is 12.0. The number of benzene rings is 1. The van der Waals surface area contributed by atoms with Gasteiger partial charge in [-0.05, 0) is 56.7 Å². The van der Waals surface area contributed by atoms with Crippen LogP contribution in [0.4, 0.5) is 17.2 Å². The third-order valence-corrected chi connectivity index (χ3v) is 4.23. The van der Waals surface area contributed by atoms with Crippen LogP contribution in [0.15, 0.2) is 36.4 Å². The Morgan fingerprint density at radius 3 is 2.27 bits per heavy atom. The molecule has 0 aliphatic heterocycles. The Kier molecular flexibility index (Phi) is 7.86. The number of anilines is 3. The van der Waals surface area contributed by atoms with Crippen molar-refractivity contribution < 1.29 is 4.79 Å². The van der Waals surface area contributed by atoms with Gasteiger partial charge in [-0.3, -0.25) is 4.79 Å². The molecular formula is C20H29N5O. The highest BCUT2D eigenvalue weighted by atomic mass is 16.1. The molecule has 1 amide bonds. The zero-order chi connectivity index (χ0) is 18.8. The molecule has 0 radical (unpaired) electrons. The number of hydrogen-bond donors (Lipinski definition) is 2. The molecular weight excluding hydrogens is 326 g/mol. The van der Waals surface area contributed by atoms with E-state index in [1.54, 1.807) is 12.1 Å². The molecule has 0 aliphatic carbocycles. The van der Waals surface area contributed by atoms with Gasteiger partial charge in [0.05, 0.1) is 0 Å². The molecule has 0 bridgehead atoms. The molecule has 0 fully saturated rings. The number of unbranched alkanes of at least 4 members (excludes halogenated alkanes) is 2. The summed E-state index contributed by atoms with van der Waals surface area (Å²) in [6, 6.07) is 11.7. The van der Waals surface area contributed by atoms with E-state index in [4.69, 9.17) is 0 Å². The first-order valence-electron chi connectivity index (χ1n) is 9.41. The van der Waals surface area contributed by atoms with Gasteiger partial charge < -0.3 is 15.5 Å². The normalized spacial score (nSPS) is 10.4. The van der Waals surface area contributed by atoms with Crippen LogP contribution in [0.1, 0.15) is 50.5 Å². The van der Waals surface area contributed by atoms with Crippen molar-refractivity contribution >= 4 is 23.1 Å². The molecule has 0 spiro atoms. The van der Waals surface area contributed by atoms with Crippen molar-refractivity contribution in [3.63, 3.8) is 0 Å². The van der Waals surface area contributed by atoms with E-state index in [1.807, 2.05) is 12.1 Å². The highest BCUT2D eigenvalue weighted by Crippen LogP contribution is 2.20. The monoisotopic (exact) mass is 355 g/mol. The third-order valence-electron chi connectivity index (χ3n) is 4.23. The van der Waals surface area contributed by atoms with E-state index in [0.29, 0.717) is 18.1 Å². The minimum Gasteiger partial charge on any atom is -0.372 e. The minimum atomic E-state index is -0.177. The van der Waals surface area contributed by atoms with Crippen LogP contribution in [0.25, 0.3) is 0 Å². The number of rotatable bonds is 10. The van der Waals surface area contributed by atoms with Crippen LogP contribution < -0.4 is 15.5 Å². The fraction of sp³-hybridized carbons (Fsp3) is 0.450. The molecule has 2 N–H and O–H groups in total. The van der Waals surface area contributed by atoms with Crippen LogP contribution in [0.3, 0.4) is 0 Å². The summed E-state index contributed by atoms with van der Waals surface area (Å²) in [5.74, 6) is 0.437. The van der Waals surface area contributed by atoms with Gasteiger partial charge in [0, 0.05) is 31.0 Å². The van der Waals surface area contributed by atoms with Crippen LogP contribution in [0.5, 0.6) is 0 Å². The summed E-state index contributed by atoms with van der Waals surface area (Å²) in [5, 5.41) is 14.2. The molecule has 1 heterocycles. The Labute approximate surface area is 156 Å². The van der Waals surface area contributed by atoms with Gasteiger partial charge in [0.15, 0.2) is 11.5 Å². The fourth-order valence-electron chi connectivity index (χ4n) is 2.68. The van der Waals surface area contributed by atoms with E-state index >= 15 is 0 Å². The third kappa shape index (κ3) is 5.72. The van der Waals surface area contributed by atoms with Gasteiger partial charge in [-0.2, -0.15) is 0 Å². The molecule has 2 rings (SSSR count). The summed E-state index contributed by atoms with van der Waals surface area (Å²) in [7, 11) is 0. The van der Waals surface area contributed by atoms with E-state index in [2.05, 4.69) is 58.6 Å². The molecule has 26 heavy (non-hydrogen) atoms. The van der Waals surface area contributed by atoms with Crippen LogP contribution in [-0.4, -0.2) is 35.7 Å². The molecule has 0 saturated heterocycles. The lowest BCUT2D eigenvalue weighted by molar-refractivity contribution is 0.0947. The molecule has 6 nitrogen and oxygen atoms in total. The van der Waals surface area contributed by atoms with Gasteiger partial charge in [-0.1, -0.05) is 19.8 Å². The zero-order valence-electron chi connectivity index (χ0n) is 16.0. The first kappa shape index (κ1) is 19.7. The van der Waals surface area contributed by atoms with Crippen molar-refractivity contribution in [2.75, 3.05) is 29.9 Å². The average molecular weight is 355 g/mol. The zero-order valence-corrected chi connectivity index (χ0v) is 16.0. The fourth-order valence-corrected chi connectivity index (χ4v) is 2.68. The van der Waals surface area contributed by atoms with E-state index in [9.17, 15) is 4.79 Å². The number of carbonyl (C=O) groups is 1. The number of aromatic nitrogens is 2. The molecule has 1 aromatic heterocycles. The second kappa shape index (κ2) is 10.4. The van der Waals surface area contributed by atoms with Crippen molar-refractivity contribution in [3.8, 4) is 0 Å². The molecule has 2 aromatic rings. The largest absolute Gasteiger partial charge is 0.372 e. The van der Waals surface area contributed by atoms with Gasteiger partial charge in [0.25, 0.3) is 5.91 Å². The molecule has 140 valence electrons. The lowest BCUT2D eigenvalue weighted by atomic mass is 10.2. The maximum Gasteiger partial charge on any atom is 0.271 e. The Bertz CT molecular complexity index is 666. The number of carbonyl (C=O) groups excluding carboxylic acids is 1. The molecule has 1 aromatic carbocycles. The van der Waals surface area contributed by atoms with E-state index in [0.717, 1.165) is 38.0 Å². The van der Waals surface area contributed by atoms with Crippen molar-refractivity contribution in [1.82, 2.24) is 15.5 Å². The van der Waals surface area contributed by atoms with Gasteiger partial charge >= 0.3 is 0 Å². The van der Waals surface area contributed by atoms with Gasteiger partial charge in [-0.15, -0.1) is 10.2 Å². The average Bonchev–Trinajstić information content (AvgIpc) is 2.68. The van der Waals surface area contributed by atoms with Gasteiger partial charge in [0.1, 0.15) is 0 Å². The predicted molar refractivity (Wildman–Crippen MR) is 107 cm³/mol. The summed E-state index contributed by atoms with van der Waals surface area (Å²) in [6.45, 7) is 9.07. The van der Waals surface area contributed by atoms with E-state index in [-0.39, 0.29) is 5.91 Å². The quantitative estimate of drug-likeness (QED) is 0.631. The predicted octanol–water partition coefficient (Wildman–Crippen LogP) is 3.99. The summed E-state index contributed by atoms with van der Waals surface area (Å²) in [6.07, 6.45) is 3.23. The van der Waals surface area contributed by atoms with Crippen LogP contribution in [-0.2, 0) is 0 Å². The number of nitrogens with one attached hydrogen (secondary N) is 2. The smallest absolute Gasteiger partial charge is 0.271 e. The number of amides is 1. The van der Waals surface area contributed by atoms with Crippen molar-refractivity contribution in [2.24, 2.45) is 0 Å². The number of hydrogen-bond acceptors (Lipinski definition) is 5. The number of nitrogens with zero attached hydrogens (tertiary/aromatic N) is 3. The molecule has 0 unspecified atom stereocenters. The SMILES string of the molecule is CCCCCNC(=O)c1ccc(Nc2ccc(N(CC)CC)cc2)nn1. The lowest BCUT2D eigenvalue weighted by Gasteiger charge is -2.21. The second-order valence-electron chi connectivity index (χ2n) is 6.11. The topological polar surface area (TPSA) is 70.2 Å². The first-order chi connectivity index (χ1) is 12.7. The maximum absolute atomic E-state index is 12.0. The summed E-state index contributed by atoms with van der Waals surface area (Å²) < 4.78 is 0. The van der Waals surface area contributed by atoms with Crippen LogP contribution in [0.2, 0.25) is 0 Å². The van der Waals surface area contributed by atoms with Crippen molar-refractivity contribution in [1.29, 1.82) is 0 Å². The highest BCUT2D eigenvalue weighted by molar-refractivity contribution is 5.92. The minimum absolute atomic E-state index is 0.177. The molecule has 0 atom stereocenters. The molecule has 0 saturated carbocycles. The Balaban J connectivity index is 1.91. The van der Waals surface area contributed by atoms with Crippen LogP contribution in [0, 0.1) is 0 Å². The summed E-state index contributed by atoms with van der Waals surface area (Å²) in [5.41, 5.74) is 2.47. The van der Waals surface area contributed by atoms with E-state index in [1.165, 1.54) is 5.69 Å². The lowest BCUT2D eigenvalue weighted by Crippen LogP contribution is -2.25. The van der Waals surface area contributed by atoms with Crippen molar-refractivity contribution in [3.05, 3.63) is 42.1 Å². The summed E-state index contributed by atoms with van der Waals surface area (Å²) in [4.78, 5) is 14.3. The molecule has 0 aliphatic rings. The second-order valence-corrected chi connectivity index (χ2v) is 6.11. The Morgan fingerprint density at radius 1 is 0.962 bits per heavy atom. The van der Waals surface area contributed by atoms with Crippen molar-refractivity contribution in [2.45, 2.75) is 40.0 Å². The molecule has 6 heteroatoms. The van der Waals surface area contributed by atoms with Gasteiger partial charge in [0.2, 0.25) is 0 Å². The Morgan fingerprint density at radius 2 is 1.69 bits per heavy atom. The Hall–Kier alpha value is -2.63. The van der Waals surface area contributed by atoms with Crippen LogP contribution >= 0.6 is 0 Å². The standard InChI is InChI=1S/C20H29N5O/c1-4-7-8-15-21-20(26)18-13-14-19(24-23-18)22-16-9-11-17(12-10-16)25(5-2)6-3/h9-14H,4-8,15H2,1-3H3,(H,21,26)(H,22,24). The summed E-state index contributed by atoms with van der Waals surface area (Å²) >= 11 is 0. The van der Waals surface area contributed by atoms with Gasteiger partial charge in [-0.25, -0.2) is 0 Å². The first-order valence-corrected chi connectivity index (χ1v) is 9.41. The highest BCUT2D eigenvalue weighted by Gasteiger charge is 2.08.